The third-order valence-electron chi connectivity index (χ3n) is 2.98. The Kier molecular flexibility index (Phi) is 4.28. The van der Waals surface area contributed by atoms with Gasteiger partial charge in [0.2, 0.25) is 5.78 Å². The van der Waals surface area contributed by atoms with Gasteiger partial charge in [0.15, 0.2) is 0 Å². The summed E-state index contributed by atoms with van der Waals surface area (Å²) in [4.78, 5) is 13.4. The van der Waals surface area contributed by atoms with Crippen molar-refractivity contribution in [3.05, 3.63) is 30.4 Å². The quantitative estimate of drug-likeness (QED) is 0.766. The zero-order chi connectivity index (χ0) is 13.0. The summed E-state index contributed by atoms with van der Waals surface area (Å²) in [6, 6.07) is 1.92. The lowest BCUT2D eigenvalue weighted by atomic mass is 10.4. The Hall–Kier alpha value is -1.46. The van der Waals surface area contributed by atoms with Crippen molar-refractivity contribution in [2.24, 2.45) is 0 Å². The molecule has 2 aromatic rings. The minimum Gasteiger partial charge on any atom is -0.308 e. The average Bonchev–Trinajstić information content (AvgIpc) is 2.76. The lowest BCUT2D eigenvalue weighted by Crippen LogP contribution is -2.31. The molecular weight excluding hydrogens is 226 g/mol. The summed E-state index contributed by atoms with van der Waals surface area (Å²) >= 11 is 0. The van der Waals surface area contributed by atoms with Gasteiger partial charge in [-0.2, -0.15) is 0 Å². The Labute approximate surface area is 108 Å². The van der Waals surface area contributed by atoms with Crippen LogP contribution in [0.2, 0.25) is 0 Å². The Morgan fingerprint density at radius 3 is 2.78 bits per heavy atom. The van der Waals surface area contributed by atoms with Gasteiger partial charge in [0, 0.05) is 38.2 Å². The molecule has 0 saturated heterocycles. The first-order chi connectivity index (χ1) is 8.69. The zero-order valence-electron chi connectivity index (χ0n) is 11.4. The third-order valence-corrected chi connectivity index (χ3v) is 2.98. The molecule has 2 heterocycles. The van der Waals surface area contributed by atoms with Crippen molar-refractivity contribution in [2.75, 3.05) is 33.7 Å². The second kappa shape index (κ2) is 5.93. The second-order valence-corrected chi connectivity index (χ2v) is 4.73. The molecule has 0 aliphatic rings. The number of hydrogen-bond donors (Lipinski definition) is 0. The first kappa shape index (κ1) is 13.0. The summed E-state index contributed by atoms with van der Waals surface area (Å²) in [7, 11) is 4.20. The van der Waals surface area contributed by atoms with E-state index in [2.05, 4.69) is 47.0 Å². The molecule has 2 rings (SSSR count). The monoisotopic (exact) mass is 247 g/mol. The SMILES string of the molecule is CCN(CCN(C)C)Cc1cn2cccnc2n1. The van der Waals surface area contributed by atoms with Gasteiger partial charge in [0.1, 0.15) is 0 Å². The molecule has 0 saturated carbocycles. The highest BCUT2D eigenvalue weighted by Crippen LogP contribution is 2.05. The summed E-state index contributed by atoms with van der Waals surface area (Å²) in [6.45, 7) is 6.23. The molecule has 18 heavy (non-hydrogen) atoms. The number of nitrogens with zero attached hydrogens (tertiary/aromatic N) is 5. The van der Waals surface area contributed by atoms with E-state index in [1.807, 2.05) is 16.7 Å². The Morgan fingerprint density at radius 1 is 1.28 bits per heavy atom. The van der Waals surface area contributed by atoms with Gasteiger partial charge in [-0.25, -0.2) is 9.97 Å². The van der Waals surface area contributed by atoms with E-state index in [1.165, 1.54) is 0 Å². The molecule has 2 aromatic heterocycles. The van der Waals surface area contributed by atoms with Gasteiger partial charge >= 0.3 is 0 Å². The summed E-state index contributed by atoms with van der Waals surface area (Å²) < 4.78 is 1.97. The Balaban J connectivity index is 2.02. The van der Waals surface area contributed by atoms with Gasteiger partial charge in [-0.3, -0.25) is 9.30 Å². The van der Waals surface area contributed by atoms with E-state index in [0.29, 0.717) is 0 Å². The minimum atomic E-state index is 0.774. The van der Waals surface area contributed by atoms with E-state index in [0.717, 1.165) is 37.7 Å². The van der Waals surface area contributed by atoms with Crippen LogP contribution in [0.1, 0.15) is 12.6 Å². The molecule has 0 atom stereocenters. The van der Waals surface area contributed by atoms with E-state index >= 15 is 0 Å². The summed E-state index contributed by atoms with van der Waals surface area (Å²) in [5.41, 5.74) is 1.08. The van der Waals surface area contributed by atoms with Crippen LogP contribution in [0.15, 0.2) is 24.7 Å². The molecular formula is C13H21N5. The molecule has 0 aromatic carbocycles. The fourth-order valence-electron chi connectivity index (χ4n) is 1.88. The molecule has 0 spiro atoms. The van der Waals surface area contributed by atoms with Crippen LogP contribution < -0.4 is 0 Å². The van der Waals surface area contributed by atoms with Gasteiger partial charge in [-0.15, -0.1) is 0 Å². The maximum atomic E-state index is 4.52. The maximum absolute atomic E-state index is 4.52. The molecule has 0 radical (unpaired) electrons. The number of hydrogen-bond acceptors (Lipinski definition) is 4. The van der Waals surface area contributed by atoms with Gasteiger partial charge < -0.3 is 4.90 Å². The summed E-state index contributed by atoms with van der Waals surface area (Å²) in [5, 5.41) is 0. The van der Waals surface area contributed by atoms with Gasteiger partial charge in [-0.1, -0.05) is 6.92 Å². The largest absolute Gasteiger partial charge is 0.308 e. The highest BCUT2D eigenvalue weighted by Gasteiger charge is 2.07. The number of imidazole rings is 1. The topological polar surface area (TPSA) is 36.7 Å². The average molecular weight is 247 g/mol. The molecule has 0 aliphatic heterocycles. The number of likely N-dealkylation sites (N-methyl/N-ethyl adjacent to an activating group) is 2. The van der Waals surface area contributed by atoms with E-state index < -0.39 is 0 Å². The highest BCUT2D eigenvalue weighted by atomic mass is 15.2. The smallest absolute Gasteiger partial charge is 0.233 e. The van der Waals surface area contributed by atoms with Crippen molar-refractivity contribution in [3.8, 4) is 0 Å². The predicted molar refractivity (Wildman–Crippen MR) is 72.5 cm³/mol. The fourth-order valence-corrected chi connectivity index (χ4v) is 1.88. The summed E-state index contributed by atoms with van der Waals surface area (Å²) in [5.74, 6) is 0.774. The molecule has 0 aliphatic carbocycles. The van der Waals surface area contributed by atoms with E-state index in [1.54, 1.807) is 6.20 Å². The number of aromatic nitrogens is 3. The molecule has 0 bridgehead atoms. The molecule has 0 amide bonds. The van der Waals surface area contributed by atoms with E-state index in [4.69, 9.17) is 0 Å². The van der Waals surface area contributed by atoms with Gasteiger partial charge in [0.05, 0.1) is 5.69 Å². The number of rotatable bonds is 6. The van der Waals surface area contributed by atoms with Crippen molar-refractivity contribution in [1.82, 2.24) is 24.2 Å². The molecule has 5 nitrogen and oxygen atoms in total. The van der Waals surface area contributed by atoms with Crippen LogP contribution in [-0.2, 0) is 6.54 Å². The molecule has 0 fully saturated rings. The number of fused-ring (bicyclic) bond motifs is 1. The maximum Gasteiger partial charge on any atom is 0.233 e. The highest BCUT2D eigenvalue weighted by molar-refractivity contribution is 5.29. The van der Waals surface area contributed by atoms with E-state index in [9.17, 15) is 0 Å². The summed E-state index contributed by atoms with van der Waals surface area (Å²) in [6.07, 6.45) is 5.81. The molecule has 5 heteroatoms. The van der Waals surface area contributed by atoms with Crippen LogP contribution in [-0.4, -0.2) is 57.9 Å². The van der Waals surface area contributed by atoms with Crippen molar-refractivity contribution in [3.63, 3.8) is 0 Å². The zero-order valence-corrected chi connectivity index (χ0v) is 11.4. The normalized spacial score (nSPS) is 11.8. The van der Waals surface area contributed by atoms with Crippen LogP contribution >= 0.6 is 0 Å². The Bertz CT molecular complexity index is 458. The van der Waals surface area contributed by atoms with Crippen molar-refractivity contribution >= 4 is 5.78 Å². The lowest BCUT2D eigenvalue weighted by Gasteiger charge is -2.21. The van der Waals surface area contributed by atoms with Crippen LogP contribution in [0.4, 0.5) is 0 Å². The first-order valence-corrected chi connectivity index (χ1v) is 6.34. The van der Waals surface area contributed by atoms with Crippen molar-refractivity contribution in [1.29, 1.82) is 0 Å². The standard InChI is InChI=1S/C13H21N5/c1-4-17(9-8-16(2)3)10-12-11-18-7-5-6-14-13(18)15-12/h5-7,11H,4,8-10H2,1-3H3. The van der Waals surface area contributed by atoms with Crippen molar-refractivity contribution < 1.29 is 0 Å². The molecule has 0 N–H and O–H groups in total. The molecule has 98 valence electrons. The first-order valence-electron chi connectivity index (χ1n) is 6.34. The lowest BCUT2D eigenvalue weighted by molar-refractivity contribution is 0.242. The second-order valence-electron chi connectivity index (χ2n) is 4.73. The van der Waals surface area contributed by atoms with Crippen molar-refractivity contribution in [2.45, 2.75) is 13.5 Å². The Morgan fingerprint density at radius 2 is 2.11 bits per heavy atom. The van der Waals surface area contributed by atoms with Crippen LogP contribution in [0, 0.1) is 0 Å². The molecule has 0 unspecified atom stereocenters. The van der Waals surface area contributed by atoms with E-state index in [-0.39, 0.29) is 0 Å². The van der Waals surface area contributed by atoms with Crippen LogP contribution in [0.3, 0.4) is 0 Å². The van der Waals surface area contributed by atoms with Crippen LogP contribution in [0.5, 0.6) is 0 Å². The van der Waals surface area contributed by atoms with Gasteiger partial charge in [0.25, 0.3) is 0 Å². The van der Waals surface area contributed by atoms with Gasteiger partial charge in [-0.05, 0) is 26.7 Å². The minimum absolute atomic E-state index is 0.774. The third kappa shape index (κ3) is 3.27. The predicted octanol–water partition coefficient (Wildman–Crippen LogP) is 1.11. The van der Waals surface area contributed by atoms with Crippen LogP contribution in [0.25, 0.3) is 5.78 Å². The fraction of sp³-hybridized carbons (Fsp3) is 0.538.